The molecule has 0 aromatic carbocycles. The zero-order chi connectivity index (χ0) is 8.81. The highest BCUT2D eigenvalue weighted by Gasteiger charge is 1.92. The number of rotatable bonds is 4. The highest BCUT2D eigenvalue weighted by atomic mass is 32.2. The fourth-order valence-electron chi connectivity index (χ4n) is 0.631. The first kappa shape index (κ1) is 8.93. The largest absolute Gasteiger partial charge is 0.478 e. The number of aliphatic carboxylic acids is 1. The summed E-state index contributed by atoms with van der Waals surface area (Å²) < 4.78 is 5.04. The van der Waals surface area contributed by atoms with E-state index in [1.165, 1.54) is 17.2 Å². The molecule has 0 saturated carbocycles. The number of carboxylic acids is 1. The van der Waals surface area contributed by atoms with Gasteiger partial charge in [0.2, 0.25) is 0 Å². The lowest BCUT2D eigenvalue weighted by molar-refractivity contribution is -0.131. The Morgan fingerprint density at radius 3 is 3.17 bits per heavy atom. The number of hydrogen-bond donors (Lipinski definition) is 1. The molecule has 1 aromatic heterocycles. The summed E-state index contributed by atoms with van der Waals surface area (Å²) in [4.78, 5) is 10.0. The summed E-state index contributed by atoms with van der Waals surface area (Å²) in [6.45, 7) is 0. The lowest BCUT2D eigenvalue weighted by atomic mass is 10.5. The summed E-state index contributed by atoms with van der Waals surface area (Å²) in [5.74, 6) is 0.577. The van der Waals surface area contributed by atoms with Gasteiger partial charge >= 0.3 is 5.97 Å². The maximum atomic E-state index is 10.0. The smallest absolute Gasteiger partial charge is 0.328 e. The molecule has 0 radical (unpaired) electrons. The molecule has 4 heteroatoms. The van der Waals surface area contributed by atoms with Gasteiger partial charge in [-0.3, -0.25) is 0 Å². The van der Waals surface area contributed by atoms with Gasteiger partial charge in [-0.05, 0) is 17.5 Å². The second-order valence-electron chi connectivity index (χ2n) is 2.03. The molecule has 0 unspecified atom stereocenters. The van der Waals surface area contributed by atoms with Gasteiger partial charge in [0, 0.05) is 6.08 Å². The lowest BCUT2D eigenvalue weighted by Gasteiger charge is -1.88. The van der Waals surface area contributed by atoms with Crippen molar-refractivity contribution < 1.29 is 14.3 Å². The normalized spacial score (nSPS) is 10.7. The molecule has 12 heavy (non-hydrogen) atoms. The van der Waals surface area contributed by atoms with E-state index in [4.69, 9.17) is 9.52 Å². The number of hydrogen-bond acceptors (Lipinski definition) is 3. The van der Waals surface area contributed by atoms with Crippen molar-refractivity contribution in [3.05, 3.63) is 35.6 Å². The van der Waals surface area contributed by atoms with E-state index in [1.807, 2.05) is 6.07 Å². The zero-order valence-corrected chi connectivity index (χ0v) is 7.08. The van der Waals surface area contributed by atoms with Crippen LogP contribution in [0.25, 0.3) is 0 Å². The van der Waals surface area contributed by atoms with Gasteiger partial charge in [0.25, 0.3) is 0 Å². The van der Waals surface area contributed by atoms with Gasteiger partial charge in [-0.2, -0.15) is 0 Å². The summed E-state index contributed by atoms with van der Waals surface area (Å²) in [7, 11) is 0. The van der Waals surface area contributed by atoms with Crippen molar-refractivity contribution in [2.75, 3.05) is 0 Å². The third kappa shape index (κ3) is 3.30. The molecule has 1 rings (SSSR count). The zero-order valence-electron chi connectivity index (χ0n) is 6.27. The molecule has 0 aliphatic carbocycles. The van der Waals surface area contributed by atoms with E-state index in [0.717, 1.165) is 11.8 Å². The van der Waals surface area contributed by atoms with E-state index in [2.05, 4.69) is 0 Å². The van der Waals surface area contributed by atoms with Crippen LogP contribution in [-0.4, -0.2) is 11.1 Å². The molecular formula is C8H8O3S. The second-order valence-corrected chi connectivity index (χ2v) is 2.93. The fraction of sp³-hybridized carbons (Fsp3) is 0.125. The molecule has 1 heterocycles. The van der Waals surface area contributed by atoms with Crippen LogP contribution in [0.4, 0.5) is 0 Å². The average molecular weight is 184 g/mol. The van der Waals surface area contributed by atoms with E-state index in [0.29, 0.717) is 5.75 Å². The first-order valence-electron chi connectivity index (χ1n) is 3.32. The van der Waals surface area contributed by atoms with Crippen LogP contribution >= 0.6 is 11.8 Å². The van der Waals surface area contributed by atoms with Crippen LogP contribution in [0.15, 0.2) is 34.3 Å². The third-order valence-corrected chi connectivity index (χ3v) is 1.89. The van der Waals surface area contributed by atoms with Crippen LogP contribution < -0.4 is 0 Å². The van der Waals surface area contributed by atoms with E-state index in [-0.39, 0.29) is 0 Å². The molecule has 3 nitrogen and oxygen atoms in total. The van der Waals surface area contributed by atoms with E-state index < -0.39 is 5.97 Å². The summed E-state index contributed by atoms with van der Waals surface area (Å²) in [5, 5.41) is 9.78. The van der Waals surface area contributed by atoms with Gasteiger partial charge in [0.15, 0.2) is 0 Å². The molecule has 0 bridgehead atoms. The Kier molecular flexibility index (Phi) is 3.47. The molecular weight excluding hydrogens is 176 g/mol. The molecule has 0 spiro atoms. The van der Waals surface area contributed by atoms with Crippen molar-refractivity contribution >= 4 is 17.7 Å². The minimum atomic E-state index is -0.929. The molecule has 0 fully saturated rings. The summed E-state index contributed by atoms with van der Waals surface area (Å²) in [5.41, 5.74) is 0. The second kappa shape index (κ2) is 4.66. The van der Waals surface area contributed by atoms with Gasteiger partial charge in [-0.25, -0.2) is 4.79 Å². The van der Waals surface area contributed by atoms with E-state index in [9.17, 15) is 4.79 Å². The number of furan rings is 1. The molecule has 0 aliphatic rings. The molecule has 0 aliphatic heterocycles. The average Bonchev–Trinajstić information content (AvgIpc) is 2.49. The summed E-state index contributed by atoms with van der Waals surface area (Å²) in [6.07, 6.45) is 2.70. The number of thioether (sulfide) groups is 1. The van der Waals surface area contributed by atoms with Gasteiger partial charge in [-0.15, -0.1) is 11.8 Å². The predicted molar refractivity (Wildman–Crippen MR) is 46.8 cm³/mol. The first-order chi connectivity index (χ1) is 5.79. The Hall–Kier alpha value is -1.16. The summed E-state index contributed by atoms with van der Waals surface area (Å²) in [6, 6.07) is 3.65. The first-order valence-corrected chi connectivity index (χ1v) is 4.37. The third-order valence-electron chi connectivity index (χ3n) is 1.11. The van der Waals surface area contributed by atoms with Crippen molar-refractivity contribution in [2.24, 2.45) is 0 Å². The quantitative estimate of drug-likeness (QED) is 0.728. The molecule has 0 saturated heterocycles. The van der Waals surface area contributed by atoms with Crippen LogP contribution in [0.2, 0.25) is 0 Å². The fourth-order valence-corrected chi connectivity index (χ4v) is 1.27. The van der Waals surface area contributed by atoms with Gasteiger partial charge in [0.1, 0.15) is 5.76 Å². The topological polar surface area (TPSA) is 50.4 Å². The monoisotopic (exact) mass is 184 g/mol. The summed E-state index contributed by atoms with van der Waals surface area (Å²) >= 11 is 1.38. The Balaban J connectivity index is 2.23. The minimum absolute atomic E-state index is 0.663. The molecule has 1 N–H and O–H groups in total. The van der Waals surface area contributed by atoms with Crippen LogP contribution in [0.5, 0.6) is 0 Å². The maximum absolute atomic E-state index is 10.0. The molecule has 1 aromatic rings. The van der Waals surface area contributed by atoms with Crippen molar-refractivity contribution in [2.45, 2.75) is 5.75 Å². The minimum Gasteiger partial charge on any atom is -0.478 e. The van der Waals surface area contributed by atoms with Crippen LogP contribution in [0, 0.1) is 0 Å². The predicted octanol–water partition coefficient (Wildman–Crippen LogP) is 2.11. The lowest BCUT2D eigenvalue weighted by Crippen LogP contribution is -1.84. The van der Waals surface area contributed by atoms with Crippen LogP contribution in [-0.2, 0) is 10.5 Å². The van der Waals surface area contributed by atoms with Gasteiger partial charge in [-0.1, -0.05) is 0 Å². The van der Waals surface area contributed by atoms with Crippen molar-refractivity contribution in [3.63, 3.8) is 0 Å². The SMILES string of the molecule is O=C(O)/C=C\SCc1ccco1. The highest BCUT2D eigenvalue weighted by molar-refractivity contribution is 8.01. The van der Waals surface area contributed by atoms with Crippen molar-refractivity contribution in [1.82, 2.24) is 0 Å². The number of carbonyl (C=O) groups is 1. The van der Waals surface area contributed by atoms with Crippen LogP contribution in [0.3, 0.4) is 0 Å². The van der Waals surface area contributed by atoms with Gasteiger partial charge in [0.05, 0.1) is 12.0 Å². The molecule has 64 valence electrons. The number of carboxylic acid groups (broad SMARTS) is 1. The molecule has 0 atom stereocenters. The van der Waals surface area contributed by atoms with Crippen LogP contribution in [0.1, 0.15) is 5.76 Å². The maximum Gasteiger partial charge on any atom is 0.328 e. The Morgan fingerprint density at radius 2 is 2.58 bits per heavy atom. The van der Waals surface area contributed by atoms with Crippen molar-refractivity contribution in [1.29, 1.82) is 0 Å². The highest BCUT2D eigenvalue weighted by Crippen LogP contribution is 2.12. The molecule has 0 amide bonds. The Labute approximate surface area is 74.1 Å². The standard InChI is InChI=1S/C8H8O3S/c9-8(10)3-5-12-6-7-2-1-4-11-7/h1-5H,6H2,(H,9,10)/b5-3-. The van der Waals surface area contributed by atoms with Gasteiger partial charge < -0.3 is 9.52 Å². The Morgan fingerprint density at radius 1 is 1.75 bits per heavy atom. The van der Waals surface area contributed by atoms with Crippen molar-refractivity contribution in [3.8, 4) is 0 Å². The van der Waals surface area contributed by atoms with E-state index >= 15 is 0 Å². The Bertz CT molecular complexity index is 264. The van der Waals surface area contributed by atoms with E-state index in [1.54, 1.807) is 12.3 Å².